The Kier molecular flexibility index (Phi) is 6.45. The SMILES string of the molecule is C[C@@H](c1ccc(N(C)CCN(C)C)cc1)N(C(=O)O)C(C)(C)C. The lowest BCUT2D eigenvalue weighted by Crippen LogP contribution is -2.46. The van der Waals surface area contributed by atoms with Gasteiger partial charge in [0.15, 0.2) is 0 Å². The minimum Gasteiger partial charge on any atom is -0.465 e. The van der Waals surface area contributed by atoms with Crippen LogP contribution in [0, 0.1) is 0 Å². The number of benzene rings is 1. The van der Waals surface area contributed by atoms with Gasteiger partial charge in [-0.05, 0) is 59.5 Å². The molecular weight excluding hydrogens is 290 g/mol. The van der Waals surface area contributed by atoms with Crippen LogP contribution in [0.4, 0.5) is 10.5 Å². The molecule has 1 amide bonds. The van der Waals surface area contributed by atoms with Crippen LogP contribution in [0.25, 0.3) is 0 Å². The lowest BCUT2D eigenvalue weighted by Gasteiger charge is -2.38. The second-order valence-electron chi connectivity index (χ2n) is 7.32. The van der Waals surface area contributed by atoms with Crippen molar-refractivity contribution in [1.29, 1.82) is 0 Å². The highest BCUT2D eigenvalue weighted by Crippen LogP contribution is 2.29. The Morgan fingerprint density at radius 1 is 1.09 bits per heavy atom. The van der Waals surface area contributed by atoms with Crippen LogP contribution in [0.15, 0.2) is 24.3 Å². The van der Waals surface area contributed by atoms with Crippen molar-refractivity contribution in [2.75, 3.05) is 39.1 Å². The summed E-state index contributed by atoms with van der Waals surface area (Å²) in [5.41, 5.74) is 1.71. The van der Waals surface area contributed by atoms with E-state index in [0.29, 0.717) is 0 Å². The van der Waals surface area contributed by atoms with Gasteiger partial charge in [-0.15, -0.1) is 0 Å². The van der Waals surface area contributed by atoms with Crippen LogP contribution < -0.4 is 4.90 Å². The summed E-state index contributed by atoms with van der Waals surface area (Å²) in [6, 6.07) is 7.98. The smallest absolute Gasteiger partial charge is 0.408 e. The van der Waals surface area contributed by atoms with Crippen LogP contribution in [0.3, 0.4) is 0 Å². The predicted octanol–water partition coefficient (Wildman–Crippen LogP) is 3.52. The molecule has 0 saturated carbocycles. The van der Waals surface area contributed by atoms with Gasteiger partial charge < -0.3 is 14.9 Å². The van der Waals surface area contributed by atoms with E-state index >= 15 is 0 Å². The Balaban J connectivity index is 2.88. The van der Waals surface area contributed by atoms with Gasteiger partial charge in [0.1, 0.15) is 0 Å². The number of amides is 1. The normalized spacial score (nSPS) is 13.0. The van der Waals surface area contributed by atoms with Crippen molar-refractivity contribution >= 4 is 11.8 Å². The molecular formula is C18H31N3O2. The highest BCUT2D eigenvalue weighted by Gasteiger charge is 2.31. The topological polar surface area (TPSA) is 47.0 Å². The van der Waals surface area contributed by atoms with Crippen LogP contribution in [0.5, 0.6) is 0 Å². The predicted molar refractivity (Wildman–Crippen MR) is 96.3 cm³/mol. The maximum atomic E-state index is 11.6. The van der Waals surface area contributed by atoms with Crippen molar-refractivity contribution in [2.45, 2.75) is 39.3 Å². The average Bonchev–Trinajstić information content (AvgIpc) is 2.42. The largest absolute Gasteiger partial charge is 0.465 e. The van der Waals surface area contributed by atoms with Crippen molar-refractivity contribution in [1.82, 2.24) is 9.80 Å². The number of nitrogens with zero attached hydrogens (tertiary/aromatic N) is 3. The number of hydrogen-bond acceptors (Lipinski definition) is 3. The van der Waals surface area contributed by atoms with E-state index in [4.69, 9.17) is 0 Å². The molecule has 1 atom stereocenters. The van der Waals surface area contributed by atoms with Crippen LogP contribution in [0.1, 0.15) is 39.3 Å². The van der Waals surface area contributed by atoms with E-state index in [0.717, 1.165) is 24.3 Å². The summed E-state index contributed by atoms with van der Waals surface area (Å²) in [4.78, 5) is 17.5. The van der Waals surface area contributed by atoms with E-state index < -0.39 is 11.6 Å². The quantitative estimate of drug-likeness (QED) is 0.871. The molecule has 1 N–H and O–H groups in total. The Labute approximate surface area is 140 Å². The molecule has 0 unspecified atom stereocenters. The second-order valence-corrected chi connectivity index (χ2v) is 7.32. The number of likely N-dealkylation sites (N-methyl/N-ethyl adjacent to an activating group) is 2. The molecule has 0 bridgehead atoms. The Hall–Kier alpha value is -1.75. The van der Waals surface area contributed by atoms with Crippen molar-refractivity contribution in [3.8, 4) is 0 Å². The molecule has 5 nitrogen and oxygen atoms in total. The van der Waals surface area contributed by atoms with Gasteiger partial charge in [-0.25, -0.2) is 4.79 Å². The molecule has 0 aliphatic heterocycles. The van der Waals surface area contributed by atoms with E-state index in [2.05, 4.69) is 43.1 Å². The van der Waals surface area contributed by atoms with E-state index in [1.54, 1.807) is 0 Å². The third kappa shape index (κ3) is 5.43. The van der Waals surface area contributed by atoms with Gasteiger partial charge in [0, 0.05) is 31.4 Å². The third-order valence-corrected chi connectivity index (χ3v) is 4.01. The summed E-state index contributed by atoms with van der Waals surface area (Å²) >= 11 is 0. The number of carbonyl (C=O) groups is 1. The van der Waals surface area contributed by atoms with E-state index in [9.17, 15) is 9.90 Å². The first-order valence-electron chi connectivity index (χ1n) is 8.02. The minimum atomic E-state index is -0.892. The Morgan fingerprint density at radius 3 is 2.00 bits per heavy atom. The molecule has 0 aliphatic carbocycles. The first kappa shape index (κ1) is 19.3. The monoisotopic (exact) mass is 321 g/mol. The van der Waals surface area contributed by atoms with E-state index in [1.807, 2.05) is 39.8 Å². The first-order valence-corrected chi connectivity index (χ1v) is 8.02. The van der Waals surface area contributed by atoms with Crippen molar-refractivity contribution < 1.29 is 9.90 Å². The Morgan fingerprint density at radius 2 is 1.61 bits per heavy atom. The molecule has 0 fully saturated rings. The number of rotatable bonds is 6. The summed E-state index contributed by atoms with van der Waals surface area (Å²) in [6.45, 7) is 9.63. The molecule has 0 aliphatic rings. The lowest BCUT2D eigenvalue weighted by molar-refractivity contribution is 0.0753. The van der Waals surface area contributed by atoms with Gasteiger partial charge in [-0.3, -0.25) is 4.90 Å². The number of anilines is 1. The van der Waals surface area contributed by atoms with E-state index in [1.165, 1.54) is 4.90 Å². The fourth-order valence-corrected chi connectivity index (χ4v) is 2.67. The first-order chi connectivity index (χ1) is 10.5. The molecule has 1 rings (SSSR count). The summed E-state index contributed by atoms with van der Waals surface area (Å²) in [5, 5.41) is 9.52. The van der Waals surface area contributed by atoms with Gasteiger partial charge in [-0.2, -0.15) is 0 Å². The zero-order chi connectivity index (χ0) is 17.8. The number of carboxylic acid groups (broad SMARTS) is 1. The third-order valence-electron chi connectivity index (χ3n) is 4.01. The van der Waals surface area contributed by atoms with Crippen molar-refractivity contribution in [3.63, 3.8) is 0 Å². The molecule has 0 aromatic heterocycles. The molecule has 1 aromatic carbocycles. The number of hydrogen-bond donors (Lipinski definition) is 1. The second kappa shape index (κ2) is 7.68. The standard InChI is InChI=1S/C18H31N3O2/c1-14(21(17(22)23)18(2,3)4)15-8-10-16(11-9-15)20(7)13-12-19(5)6/h8-11,14H,12-13H2,1-7H3,(H,22,23)/t14-/m0/s1. The van der Waals surface area contributed by atoms with Crippen LogP contribution >= 0.6 is 0 Å². The molecule has 0 heterocycles. The molecule has 5 heteroatoms. The highest BCUT2D eigenvalue weighted by molar-refractivity contribution is 5.67. The molecule has 130 valence electrons. The maximum absolute atomic E-state index is 11.6. The van der Waals surface area contributed by atoms with Gasteiger partial charge in [0.05, 0.1) is 6.04 Å². The summed E-state index contributed by atoms with van der Waals surface area (Å²) in [7, 11) is 6.19. The molecule has 0 spiro atoms. The molecule has 0 saturated heterocycles. The summed E-state index contributed by atoms with van der Waals surface area (Å²) in [6.07, 6.45) is -0.892. The van der Waals surface area contributed by atoms with Crippen LogP contribution in [0.2, 0.25) is 0 Å². The van der Waals surface area contributed by atoms with Crippen molar-refractivity contribution in [3.05, 3.63) is 29.8 Å². The van der Waals surface area contributed by atoms with Gasteiger partial charge in [0.2, 0.25) is 0 Å². The fraction of sp³-hybridized carbons (Fsp3) is 0.611. The fourth-order valence-electron chi connectivity index (χ4n) is 2.67. The van der Waals surface area contributed by atoms with Gasteiger partial charge in [0.25, 0.3) is 0 Å². The van der Waals surface area contributed by atoms with Gasteiger partial charge in [-0.1, -0.05) is 12.1 Å². The highest BCUT2D eigenvalue weighted by atomic mass is 16.4. The summed E-state index contributed by atoms with van der Waals surface area (Å²) in [5.74, 6) is 0. The van der Waals surface area contributed by atoms with E-state index in [-0.39, 0.29) is 6.04 Å². The zero-order valence-electron chi connectivity index (χ0n) is 15.5. The molecule has 23 heavy (non-hydrogen) atoms. The van der Waals surface area contributed by atoms with Crippen molar-refractivity contribution in [2.24, 2.45) is 0 Å². The van der Waals surface area contributed by atoms with Crippen LogP contribution in [-0.4, -0.2) is 60.8 Å². The molecule has 1 aromatic rings. The van der Waals surface area contributed by atoms with Gasteiger partial charge >= 0.3 is 6.09 Å². The zero-order valence-corrected chi connectivity index (χ0v) is 15.5. The maximum Gasteiger partial charge on any atom is 0.408 e. The lowest BCUT2D eigenvalue weighted by atomic mass is 9.99. The van der Waals surface area contributed by atoms with Crippen LogP contribution in [-0.2, 0) is 0 Å². The molecule has 0 radical (unpaired) electrons. The minimum absolute atomic E-state index is 0.186. The summed E-state index contributed by atoms with van der Waals surface area (Å²) < 4.78 is 0. The average molecular weight is 321 g/mol. The Bertz CT molecular complexity index is 506.